The number of hydrogen-bond acceptors (Lipinski definition) is 5. The summed E-state index contributed by atoms with van der Waals surface area (Å²) >= 11 is 0. The largest absolute Gasteiger partial charge is 0.480 e. The van der Waals surface area contributed by atoms with Crippen molar-refractivity contribution in [1.29, 1.82) is 0 Å². The van der Waals surface area contributed by atoms with E-state index in [2.05, 4.69) is 0 Å². The molecule has 0 saturated heterocycles. The van der Waals surface area contributed by atoms with Crippen molar-refractivity contribution in [2.24, 2.45) is 5.41 Å². The van der Waals surface area contributed by atoms with Crippen LogP contribution < -0.4 is 0 Å². The first-order chi connectivity index (χ1) is 7.44. The molecule has 0 heterocycles. The lowest BCUT2D eigenvalue weighted by molar-refractivity contribution is -0.171. The van der Waals surface area contributed by atoms with Crippen molar-refractivity contribution < 1.29 is 34.4 Å². The molecule has 0 bridgehead atoms. The third-order valence-corrected chi connectivity index (χ3v) is 2.42. The van der Waals surface area contributed by atoms with E-state index in [0.29, 0.717) is 0 Å². The fraction of sp³-hybridized carbons (Fsp3) is 0.778. The maximum absolute atomic E-state index is 10.9. The van der Waals surface area contributed by atoms with Crippen LogP contribution in [0.25, 0.3) is 0 Å². The molecule has 16 heavy (non-hydrogen) atoms. The second-order valence-electron chi connectivity index (χ2n) is 3.29. The molecule has 7 heteroatoms. The van der Waals surface area contributed by atoms with Gasteiger partial charge in [-0.2, -0.15) is 0 Å². The highest BCUT2D eigenvalue weighted by molar-refractivity contribution is 5.98. The highest BCUT2D eigenvalue weighted by atomic mass is 16.7. The normalized spacial score (nSPS) is 11.8. The van der Waals surface area contributed by atoms with Gasteiger partial charge < -0.3 is 24.8 Å². The summed E-state index contributed by atoms with van der Waals surface area (Å²) in [6.45, 7) is -0.974. The Bertz CT molecular complexity index is 232. The van der Waals surface area contributed by atoms with E-state index in [0.717, 1.165) is 0 Å². The van der Waals surface area contributed by atoms with Gasteiger partial charge >= 0.3 is 11.9 Å². The lowest BCUT2D eigenvalue weighted by Crippen LogP contribution is -2.43. The fourth-order valence-corrected chi connectivity index (χ4v) is 1.22. The fourth-order valence-electron chi connectivity index (χ4n) is 1.22. The molecular weight excluding hydrogens is 220 g/mol. The maximum Gasteiger partial charge on any atom is 0.323 e. The first-order valence-electron chi connectivity index (χ1n) is 4.57. The molecule has 0 unspecified atom stereocenters. The number of aliphatic carboxylic acids is 2. The Hall–Kier alpha value is -1.18. The first-order valence-corrected chi connectivity index (χ1v) is 4.57. The average molecular weight is 236 g/mol. The number of carbonyl (C=O) groups is 2. The lowest BCUT2D eigenvalue weighted by atomic mass is 9.84. The number of aliphatic hydroxyl groups excluding tert-OH is 1. The summed E-state index contributed by atoms with van der Waals surface area (Å²) in [5, 5.41) is 26.6. The summed E-state index contributed by atoms with van der Waals surface area (Å²) < 4.78 is 9.62. The van der Waals surface area contributed by atoms with Gasteiger partial charge in [0.2, 0.25) is 0 Å². The molecule has 0 aromatic heterocycles. The Labute approximate surface area is 92.6 Å². The van der Waals surface area contributed by atoms with Crippen molar-refractivity contribution in [3.63, 3.8) is 0 Å². The van der Waals surface area contributed by atoms with Crippen LogP contribution in [0.4, 0.5) is 0 Å². The van der Waals surface area contributed by atoms with Gasteiger partial charge in [0.25, 0.3) is 0 Å². The van der Waals surface area contributed by atoms with Gasteiger partial charge in [0.15, 0.2) is 11.7 Å². The monoisotopic (exact) mass is 236 g/mol. The van der Waals surface area contributed by atoms with Gasteiger partial charge in [-0.05, 0) is 6.42 Å². The van der Waals surface area contributed by atoms with E-state index in [1.807, 2.05) is 0 Å². The van der Waals surface area contributed by atoms with E-state index in [1.165, 1.54) is 14.2 Å². The van der Waals surface area contributed by atoms with Crippen molar-refractivity contribution in [3.05, 3.63) is 0 Å². The summed E-state index contributed by atoms with van der Waals surface area (Å²) in [5.41, 5.74) is -2.20. The molecule has 0 spiro atoms. The SMILES string of the molecule is COC(CCC(CO)(C(=O)O)C(=O)O)OC. The molecule has 0 aliphatic carbocycles. The van der Waals surface area contributed by atoms with Crippen LogP contribution in [0.1, 0.15) is 12.8 Å². The average Bonchev–Trinajstić information content (AvgIpc) is 2.24. The molecule has 0 amide bonds. The van der Waals surface area contributed by atoms with Gasteiger partial charge in [0, 0.05) is 20.6 Å². The van der Waals surface area contributed by atoms with E-state index in [4.69, 9.17) is 24.8 Å². The molecule has 7 nitrogen and oxygen atoms in total. The molecule has 0 aromatic rings. The summed E-state index contributed by atoms with van der Waals surface area (Å²) in [5.74, 6) is -3.15. The number of carboxylic acid groups (broad SMARTS) is 2. The van der Waals surface area contributed by atoms with Crippen LogP contribution in [-0.2, 0) is 19.1 Å². The third kappa shape index (κ3) is 3.16. The molecule has 94 valence electrons. The van der Waals surface area contributed by atoms with Crippen molar-refractivity contribution in [2.75, 3.05) is 20.8 Å². The van der Waals surface area contributed by atoms with Crippen molar-refractivity contribution in [3.8, 4) is 0 Å². The van der Waals surface area contributed by atoms with Gasteiger partial charge in [-0.1, -0.05) is 0 Å². The smallest absolute Gasteiger partial charge is 0.323 e. The standard InChI is InChI=1S/C9H16O7/c1-15-6(16-2)3-4-9(5-10,7(11)12)8(13)14/h6,10H,3-5H2,1-2H3,(H,11,12)(H,13,14). The minimum absolute atomic E-state index is 0.0617. The summed E-state index contributed by atoms with van der Waals surface area (Å²) in [6.07, 6.45) is -0.906. The second-order valence-corrected chi connectivity index (χ2v) is 3.29. The van der Waals surface area contributed by atoms with Crippen LogP contribution in [0.5, 0.6) is 0 Å². The highest BCUT2D eigenvalue weighted by Crippen LogP contribution is 2.26. The van der Waals surface area contributed by atoms with Gasteiger partial charge in [-0.25, -0.2) is 0 Å². The molecular formula is C9H16O7. The Balaban J connectivity index is 4.68. The number of aliphatic hydroxyl groups is 1. The minimum Gasteiger partial charge on any atom is -0.480 e. The number of methoxy groups -OCH3 is 2. The summed E-state index contributed by atoms with van der Waals surface area (Å²) in [4.78, 5) is 21.7. The molecule has 0 saturated carbocycles. The lowest BCUT2D eigenvalue weighted by Gasteiger charge is -2.24. The highest BCUT2D eigenvalue weighted by Gasteiger charge is 2.46. The van der Waals surface area contributed by atoms with E-state index in [-0.39, 0.29) is 12.8 Å². The van der Waals surface area contributed by atoms with Crippen LogP contribution >= 0.6 is 0 Å². The molecule has 0 rings (SSSR count). The zero-order valence-electron chi connectivity index (χ0n) is 9.17. The molecule has 3 N–H and O–H groups in total. The molecule has 0 aliphatic rings. The maximum atomic E-state index is 10.9. The number of hydrogen-bond donors (Lipinski definition) is 3. The van der Waals surface area contributed by atoms with E-state index in [9.17, 15) is 9.59 Å². The van der Waals surface area contributed by atoms with Crippen molar-refractivity contribution >= 4 is 11.9 Å². The third-order valence-electron chi connectivity index (χ3n) is 2.42. The van der Waals surface area contributed by atoms with E-state index >= 15 is 0 Å². The quantitative estimate of drug-likeness (QED) is 0.385. The Morgan fingerprint density at radius 1 is 1.19 bits per heavy atom. The van der Waals surface area contributed by atoms with Gasteiger partial charge in [-0.15, -0.1) is 0 Å². The van der Waals surface area contributed by atoms with Crippen LogP contribution in [0.2, 0.25) is 0 Å². The van der Waals surface area contributed by atoms with Crippen molar-refractivity contribution in [1.82, 2.24) is 0 Å². The summed E-state index contributed by atoms with van der Waals surface area (Å²) in [6, 6.07) is 0. The van der Waals surface area contributed by atoms with E-state index in [1.54, 1.807) is 0 Å². The van der Waals surface area contributed by atoms with Gasteiger partial charge in [-0.3, -0.25) is 9.59 Å². The van der Waals surface area contributed by atoms with E-state index < -0.39 is 30.3 Å². The number of carboxylic acids is 2. The zero-order chi connectivity index (χ0) is 12.8. The van der Waals surface area contributed by atoms with Crippen LogP contribution in [0.15, 0.2) is 0 Å². The molecule has 0 radical (unpaired) electrons. The predicted octanol–water partition coefficient (Wildman–Crippen LogP) is -0.467. The van der Waals surface area contributed by atoms with Crippen LogP contribution in [0, 0.1) is 5.41 Å². The molecule has 0 fully saturated rings. The van der Waals surface area contributed by atoms with Gasteiger partial charge in [0.1, 0.15) is 0 Å². The number of rotatable bonds is 8. The Morgan fingerprint density at radius 2 is 1.62 bits per heavy atom. The first kappa shape index (κ1) is 14.8. The zero-order valence-corrected chi connectivity index (χ0v) is 9.17. The predicted molar refractivity (Wildman–Crippen MR) is 51.8 cm³/mol. The Morgan fingerprint density at radius 3 is 1.88 bits per heavy atom. The van der Waals surface area contributed by atoms with Crippen molar-refractivity contribution in [2.45, 2.75) is 19.1 Å². The topological polar surface area (TPSA) is 113 Å². The van der Waals surface area contributed by atoms with Crippen LogP contribution in [-0.4, -0.2) is 54.4 Å². The number of ether oxygens (including phenoxy) is 2. The summed E-state index contributed by atoms with van der Waals surface area (Å²) in [7, 11) is 2.71. The molecule has 0 aromatic carbocycles. The Kier molecular flexibility index (Phi) is 5.94. The second kappa shape index (κ2) is 6.41. The van der Waals surface area contributed by atoms with Gasteiger partial charge in [0.05, 0.1) is 6.61 Å². The molecule has 0 atom stereocenters. The molecule has 0 aliphatic heterocycles. The van der Waals surface area contributed by atoms with Crippen LogP contribution in [0.3, 0.4) is 0 Å². The minimum atomic E-state index is -2.20.